The fourth-order valence-electron chi connectivity index (χ4n) is 9.63. The van der Waals surface area contributed by atoms with E-state index in [0.29, 0.717) is 21.9 Å². The van der Waals surface area contributed by atoms with Crippen LogP contribution in [0.5, 0.6) is 0 Å². The van der Waals surface area contributed by atoms with Crippen molar-refractivity contribution < 1.29 is 0 Å². The van der Waals surface area contributed by atoms with E-state index in [-0.39, 0.29) is 32.8 Å². The summed E-state index contributed by atoms with van der Waals surface area (Å²) in [5.74, 6) is 0.710. The van der Waals surface area contributed by atoms with Crippen molar-refractivity contribution >= 4 is 23.2 Å². The van der Waals surface area contributed by atoms with Crippen LogP contribution in [0.4, 0.5) is 0 Å². The number of benzene rings is 2. The summed E-state index contributed by atoms with van der Waals surface area (Å²) in [4.78, 5) is 26.3. The summed E-state index contributed by atoms with van der Waals surface area (Å²) < 4.78 is 5.68. The lowest BCUT2D eigenvalue weighted by molar-refractivity contribution is 0.215. The third kappa shape index (κ3) is 3.82. The Morgan fingerprint density at radius 2 is 1.29 bits per heavy atom. The second-order valence-electron chi connectivity index (χ2n) is 15.2. The topological polar surface area (TPSA) is 64.7 Å². The second kappa shape index (κ2) is 10.0. The number of hydrogen-bond donors (Lipinski definition) is 1. The summed E-state index contributed by atoms with van der Waals surface area (Å²) in [7, 11) is 0. The molecule has 238 valence electrons. The van der Waals surface area contributed by atoms with Crippen molar-refractivity contribution in [3.8, 4) is 11.4 Å². The van der Waals surface area contributed by atoms with Gasteiger partial charge in [-0.15, -0.1) is 0 Å². The third-order valence-corrected chi connectivity index (χ3v) is 13.6. The molecule has 2 aromatic carbocycles. The average Bonchev–Trinajstić information content (AvgIpc) is 3.71. The normalized spacial score (nSPS) is 27.8. The number of para-hydroxylation sites is 2. The van der Waals surface area contributed by atoms with Gasteiger partial charge in [-0.3, -0.25) is 19.4 Å². The van der Waals surface area contributed by atoms with E-state index in [1.54, 1.807) is 4.68 Å². The Hall–Kier alpha value is -2.96. The predicted molar refractivity (Wildman–Crippen MR) is 183 cm³/mol. The molecular formula is C37H44Cl2N4O2. The number of fused-ring (bicyclic) bond motifs is 10. The Morgan fingerprint density at radius 1 is 0.756 bits per heavy atom. The Kier molecular flexibility index (Phi) is 6.83. The molecule has 4 aliphatic rings. The van der Waals surface area contributed by atoms with Crippen LogP contribution in [0.15, 0.2) is 58.1 Å². The number of H-pyrrole nitrogens is 1. The number of nitrogens with one attached hydrogen (secondary N) is 1. The summed E-state index contributed by atoms with van der Waals surface area (Å²) in [6.45, 7) is 16.9. The van der Waals surface area contributed by atoms with Gasteiger partial charge in [0.25, 0.3) is 11.1 Å². The van der Waals surface area contributed by atoms with Gasteiger partial charge >= 0.3 is 0 Å². The van der Waals surface area contributed by atoms with Gasteiger partial charge in [0.05, 0.1) is 27.1 Å². The maximum Gasteiger partial charge on any atom is 0.275 e. The molecule has 2 saturated carbocycles. The highest BCUT2D eigenvalue weighted by molar-refractivity contribution is 6.32. The minimum absolute atomic E-state index is 0.0542. The zero-order chi connectivity index (χ0) is 32.3. The number of aromatic nitrogens is 4. The van der Waals surface area contributed by atoms with E-state index < -0.39 is 0 Å². The van der Waals surface area contributed by atoms with E-state index in [4.69, 9.17) is 23.2 Å². The van der Waals surface area contributed by atoms with Crippen LogP contribution in [-0.2, 0) is 17.4 Å². The van der Waals surface area contributed by atoms with E-state index in [0.717, 1.165) is 66.8 Å². The molecule has 0 saturated heterocycles. The maximum absolute atomic E-state index is 13.4. The molecule has 1 N–H and O–H groups in total. The van der Waals surface area contributed by atoms with Gasteiger partial charge in [0, 0.05) is 34.2 Å². The average molecular weight is 648 g/mol. The summed E-state index contributed by atoms with van der Waals surface area (Å²) in [5, 5.41) is 4.59. The second-order valence-corrected chi connectivity index (χ2v) is 16.1. The molecule has 0 radical (unpaired) electrons. The van der Waals surface area contributed by atoms with Crippen LogP contribution in [0, 0.1) is 10.8 Å². The van der Waals surface area contributed by atoms with Crippen molar-refractivity contribution in [3.63, 3.8) is 0 Å². The molecule has 8 rings (SSSR count). The zero-order valence-electron chi connectivity index (χ0n) is 27.4. The number of rotatable bonds is 4. The maximum atomic E-state index is 13.4. The predicted octanol–water partition coefficient (Wildman–Crippen LogP) is 8.87. The highest BCUT2D eigenvalue weighted by Crippen LogP contribution is 2.68. The number of halogens is 2. The van der Waals surface area contributed by atoms with Gasteiger partial charge in [-0.1, -0.05) is 95.9 Å². The standard InChI is InChI=1S/C20H25ClN2O.C17H19ClN2O/c1-5-12-22-17-16(13-10-11-20(17,4)19(13,2)3)18(24)23(22)15-9-7-6-8-14(15)21;1-16(2)10-8-9-17(16,3)14-13(10)15(21)20(19-14)12-7-5-4-6-11(12)18/h6-9,13H,5,10-12H2,1-4H3;4-7,10,19H,8-9H2,1-3H3/t13-,20+;10-,17+/m00/s1. The first-order valence-corrected chi connectivity index (χ1v) is 17.2. The van der Waals surface area contributed by atoms with Crippen molar-refractivity contribution in [3.05, 3.63) is 102 Å². The van der Waals surface area contributed by atoms with Crippen molar-refractivity contribution in [1.29, 1.82) is 0 Å². The lowest BCUT2D eigenvalue weighted by Gasteiger charge is -2.36. The van der Waals surface area contributed by atoms with Gasteiger partial charge in [-0.2, -0.15) is 0 Å². The lowest BCUT2D eigenvalue weighted by atomic mass is 9.70. The van der Waals surface area contributed by atoms with Crippen LogP contribution in [0.2, 0.25) is 10.0 Å². The van der Waals surface area contributed by atoms with E-state index >= 15 is 0 Å². The molecule has 4 atom stereocenters. The highest BCUT2D eigenvalue weighted by Gasteiger charge is 2.63. The smallest absolute Gasteiger partial charge is 0.275 e. The van der Waals surface area contributed by atoms with Crippen molar-refractivity contribution in [2.45, 2.75) is 110 Å². The summed E-state index contributed by atoms with van der Waals surface area (Å²) in [6, 6.07) is 15.1. The first kappa shape index (κ1) is 30.7. The molecule has 0 amide bonds. The summed E-state index contributed by atoms with van der Waals surface area (Å²) >= 11 is 12.7. The molecule has 4 aromatic rings. The summed E-state index contributed by atoms with van der Waals surface area (Å²) in [6.07, 6.45) is 5.51. The van der Waals surface area contributed by atoms with Crippen molar-refractivity contribution in [2.75, 3.05) is 0 Å². The highest BCUT2D eigenvalue weighted by atomic mass is 35.5. The fraction of sp³-hybridized carbons (Fsp3) is 0.514. The van der Waals surface area contributed by atoms with E-state index in [1.807, 2.05) is 53.2 Å². The molecule has 4 bridgehead atoms. The monoisotopic (exact) mass is 646 g/mol. The van der Waals surface area contributed by atoms with E-state index in [2.05, 4.69) is 58.2 Å². The molecule has 4 aliphatic carbocycles. The molecule has 2 aromatic heterocycles. The van der Waals surface area contributed by atoms with Crippen LogP contribution in [0.25, 0.3) is 11.4 Å². The van der Waals surface area contributed by atoms with Crippen LogP contribution < -0.4 is 11.1 Å². The molecule has 0 spiro atoms. The van der Waals surface area contributed by atoms with Gasteiger partial charge < -0.3 is 0 Å². The molecule has 8 heteroatoms. The third-order valence-electron chi connectivity index (χ3n) is 12.9. The van der Waals surface area contributed by atoms with Crippen molar-refractivity contribution in [2.24, 2.45) is 10.8 Å². The number of aromatic amines is 1. The van der Waals surface area contributed by atoms with Gasteiger partial charge in [-0.05, 0) is 79.0 Å². The molecule has 0 unspecified atom stereocenters. The molecular weight excluding hydrogens is 603 g/mol. The minimum Gasteiger partial charge on any atom is -0.294 e. The van der Waals surface area contributed by atoms with E-state index in [1.165, 1.54) is 5.69 Å². The Balaban J connectivity index is 0.000000146. The van der Waals surface area contributed by atoms with Gasteiger partial charge in [0.1, 0.15) is 0 Å². The Morgan fingerprint density at radius 3 is 1.87 bits per heavy atom. The first-order valence-electron chi connectivity index (χ1n) is 16.4. The number of hydrogen-bond acceptors (Lipinski definition) is 2. The van der Waals surface area contributed by atoms with Gasteiger partial charge in [0.15, 0.2) is 0 Å². The van der Waals surface area contributed by atoms with Gasteiger partial charge in [0.2, 0.25) is 0 Å². The van der Waals surface area contributed by atoms with Crippen LogP contribution in [0.1, 0.15) is 115 Å². The molecule has 2 fully saturated rings. The first-order chi connectivity index (χ1) is 21.2. The quantitative estimate of drug-likeness (QED) is 0.241. The molecule has 45 heavy (non-hydrogen) atoms. The lowest BCUT2D eigenvalue weighted by Crippen LogP contribution is -2.36. The zero-order valence-corrected chi connectivity index (χ0v) is 28.9. The summed E-state index contributed by atoms with van der Waals surface area (Å²) in [5.41, 5.74) is 6.55. The largest absolute Gasteiger partial charge is 0.294 e. The number of nitrogens with zero attached hydrogens (tertiary/aromatic N) is 3. The van der Waals surface area contributed by atoms with E-state index in [9.17, 15) is 9.59 Å². The SMILES string of the molecule is CC1(C)[C@H]2CC[C@]1(C)c1[nH]n(-c3ccccc3Cl)c(=O)c12.CCCn1c2c(c(=O)n1-c1ccccc1Cl)[C@@H]1CC[C@@]2(C)C1(C)C. The fourth-order valence-corrected chi connectivity index (χ4v) is 10.1. The molecule has 6 nitrogen and oxygen atoms in total. The van der Waals surface area contributed by atoms with Crippen molar-refractivity contribution in [1.82, 2.24) is 19.1 Å². The molecule has 0 aliphatic heterocycles. The minimum atomic E-state index is 0.0542. The van der Waals surface area contributed by atoms with Crippen LogP contribution in [0.3, 0.4) is 0 Å². The van der Waals surface area contributed by atoms with Crippen LogP contribution >= 0.6 is 23.2 Å². The van der Waals surface area contributed by atoms with Gasteiger partial charge in [-0.25, -0.2) is 9.36 Å². The molecule has 2 heterocycles. The Bertz CT molecular complexity index is 1960. The van der Waals surface area contributed by atoms with Crippen LogP contribution in [-0.4, -0.2) is 19.1 Å². The Labute approximate surface area is 275 Å².